The molecule has 0 aliphatic heterocycles. The summed E-state index contributed by atoms with van der Waals surface area (Å²) in [5, 5.41) is 3.98. The highest BCUT2D eigenvalue weighted by molar-refractivity contribution is 7.99. The molecule has 0 radical (unpaired) electrons. The molecule has 0 unspecified atom stereocenters. The first kappa shape index (κ1) is 17.8. The Labute approximate surface area is 155 Å². The maximum Gasteiger partial charge on any atom is 0.341 e. The molecule has 1 aliphatic rings. The second-order valence-corrected chi connectivity index (χ2v) is 7.24. The van der Waals surface area contributed by atoms with Crippen LogP contribution < -0.4 is 5.32 Å². The lowest BCUT2D eigenvalue weighted by molar-refractivity contribution is -0.129. The molecule has 1 amide bonds. The highest BCUT2D eigenvalue weighted by atomic mass is 35.5. The van der Waals surface area contributed by atoms with E-state index in [1.165, 1.54) is 11.8 Å². The molecule has 5 nitrogen and oxygen atoms in total. The highest BCUT2D eigenvalue weighted by Gasteiger charge is 2.28. The number of nitrogens with zero attached hydrogens (tertiary/aromatic N) is 1. The third-order valence-corrected chi connectivity index (χ3v) is 4.87. The Morgan fingerprint density at radius 2 is 2.00 bits per heavy atom. The van der Waals surface area contributed by atoms with E-state index in [2.05, 4.69) is 10.3 Å². The molecule has 1 N–H and O–H groups in total. The fourth-order valence-electron chi connectivity index (χ4n) is 2.07. The smallest absolute Gasteiger partial charge is 0.341 e. The van der Waals surface area contributed by atoms with Gasteiger partial charge in [0, 0.05) is 22.2 Å². The van der Waals surface area contributed by atoms with Gasteiger partial charge in [0.15, 0.2) is 6.10 Å². The largest absolute Gasteiger partial charge is 0.449 e. The van der Waals surface area contributed by atoms with Gasteiger partial charge in [0.25, 0.3) is 5.91 Å². The zero-order valence-corrected chi connectivity index (χ0v) is 15.1. The molecule has 1 saturated carbocycles. The number of benzene rings is 1. The zero-order chi connectivity index (χ0) is 17.8. The predicted octanol–water partition coefficient (Wildman–Crippen LogP) is 3.71. The van der Waals surface area contributed by atoms with Crippen molar-refractivity contribution in [2.24, 2.45) is 0 Å². The summed E-state index contributed by atoms with van der Waals surface area (Å²) in [5.74, 6) is -0.838. The fraction of sp³-hybridized carbons (Fsp3) is 0.278. The first-order chi connectivity index (χ1) is 12.0. The van der Waals surface area contributed by atoms with E-state index in [-0.39, 0.29) is 11.9 Å². The topological polar surface area (TPSA) is 68.3 Å². The third kappa shape index (κ3) is 4.96. The normalized spacial score (nSPS) is 14.6. The van der Waals surface area contributed by atoms with Gasteiger partial charge in [-0.3, -0.25) is 4.79 Å². The predicted molar refractivity (Wildman–Crippen MR) is 95.9 cm³/mol. The quantitative estimate of drug-likeness (QED) is 0.778. The summed E-state index contributed by atoms with van der Waals surface area (Å²) in [5.41, 5.74) is 0.327. The van der Waals surface area contributed by atoms with Gasteiger partial charge in [-0.25, -0.2) is 9.78 Å². The summed E-state index contributed by atoms with van der Waals surface area (Å²) >= 11 is 7.22. The first-order valence-corrected chi connectivity index (χ1v) is 9.12. The van der Waals surface area contributed by atoms with Gasteiger partial charge in [-0.05, 0) is 56.2 Å². The van der Waals surface area contributed by atoms with E-state index in [0.29, 0.717) is 15.6 Å². The van der Waals surface area contributed by atoms with E-state index >= 15 is 0 Å². The molecule has 7 heteroatoms. The van der Waals surface area contributed by atoms with E-state index in [1.54, 1.807) is 37.4 Å². The van der Waals surface area contributed by atoms with Crippen molar-refractivity contribution in [3.8, 4) is 0 Å². The van der Waals surface area contributed by atoms with Crippen LogP contribution in [-0.2, 0) is 9.53 Å². The minimum absolute atomic E-state index is 0.225. The minimum Gasteiger partial charge on any atom is -0.449 e. The van der Waals surface area contributed by atoms with Crippen molar-refractivity contribution in [3.05, 3.63) is 53.2 Å². The van der Waals surface area contributed by atoms with Crippen molar-refractivity contribution in [1.82, 2.24) is 10.3 Å². The number of carbonyl (C=O) groups is 2. The number of hydrogen-bond acceptors (Lipinski definition) is 5. The number of aromatic nitrogens is 1. The number of carbonyl (C=O) groups excluding carboxylic acids is 2. The second-order valence-electron chi connectivity index (χ2n) is 5.74. The number of halogens is 1. The Hall–Kier alpha value is -2.05. The number of pyridine rings is 1. The molecule has 1 heterocycles. The Morgan fingerprint density at radius 1 is 1.28 bits per heavy atom. The molecule has 1 aromatic heterocycles. The second kappa shape index (κ2) is 7.89. The minimum atomic E-state index is -0.846. The number of amides is 1. The van der Waals surface area contributed by atoms with E-state index in [9.17, 15) is 9.59 Å². The summed E-state index contributed by atoms with van der Waals surface area (Å²) in [6.07, 6.45) is 2.73. The molecule has 0 bridgehead atoms. The number of hydrogen-bond donors (Lipinski definition) is 1. The van der Waals surface area contributed by atoms with Crippen molar-refractivity contribution in [3.63, 3.8) is 0 Å². The lowest BCUT2D eigenvalue weighted by atomic mass is 10.3. The number of ether oxygens (including phenoxy) is 1. The van der Waals surface area contributed by atoms with Gasteiger partial charge < -0.3 is 10.1 Å². The molecule has 0 saturated heterocycles. The third-order valence-electron chi connectivity index (χ3n) is 3.60. The van der Waals surface area contributed by atoms with Crippen LogP contribution in [0.15, 0.2) is 52.5 Å². The number of nitrogens with one attached hydrogen (secondary N) is 1. The van der Waals surface area contributed by atoms with Gasteiger partial charge in [-0.15, -0.1) is 0 Å². The fourth-order valence-corrected chi connectivity index (χ4v) is 3.06. The zero-order valence-electron chi connectivity index (χ0n) is 13.6. The van der Waals surface area contributed by atoms with Crippen LogP contribution in [0.1, 0.15) is 30.1 Å². The Kier molecular flexibility index (Phi) is 5.60. The van der Waals surface area contributed by atoms with Crippen molar-refractivity contribution < 1.29 is 14.3 Å². The van der Waals surface area contributed by atoms with Crippen LogP contribution in [-0.4, -0.2) is 29.0 Å². The van der Waals surface area contributed by atoms with Crippen LogP contribution in [0.2, 0.25) is 5.02 Å². The van der Waals surface area contributed by atoms with E-state index in [0.717, 1.165) is 17.7 Å². The van der Waals surface area contributed by atoms with E-state index in [4.69, 9.17) is 16.3 Å². The molecule has 25 heavy (non-hydrogen) atoms. The van der Waals surface area contributed by atoms with Gasteiger partial charge in [-0.1, -0.05) is 23.4 Å². The molecule has 2 aromatic rings. The Bertz CT molecular complexity index is 778. The summed E-state index contributed by atoms with van der Waals surface area (Å²) in [4.78, 5) is 29.6. The molecule has 1 aliphatic carbocycles. The monoisotopic (exact) mass is 376 g/mol. The average Bonchev–Trinajstić information content (AvgIpc) is 3.41. The van der Waals surface area contributed by atoms with E-state index in [1.807, 2.05) is 12.1 Å². The van der Waals surface area contributed by atoms with Crippen molar-refractivity contribution >= 4 is 35.2 Å². The lowest BCUT2D eigenvalue weighted by Gasteiger charge is -2.14. The van der Waals surface area contributed by atoms with Crippen LogP contribution in [0.3, 0.4) is 0 Å². The van der Waals surface area contributed by atoms with Gasteiger partial charge in [0.2, 0.25) is 0 Å². The van der Waals surface area contributed by atoms with Crippen LogP contribution in [0.4, 0.5) is 0 Å². The van der Waals surface area contributed by atoms with Crippen LogP contribution in [0, 0.1) is 0 Å². The molecule has 1 atom stereocenters. The molecule has 1 fully saturated rings. The van der Waals surface area contributed by atoms with Gasteiger partial charge in [0.05, 0.1) is 5.56 Å². The molecule has 3 rings (SSSR count). The van der Waals surface area contributed by atoms with Crippen molar-refractivity contribution in [1.29, 1.82) is 0 Å². The Balaban J connectivity index is 1.69. The van der Waals surface area contributed by atoms with Crippen molar-refractivity contribution in [2.75, 3.05) is 0 Å². The summed E-state index contributed by atoms with van der Waals surface area (Å²) in [6.45, 7) is 1.57. The van der Waals surface area contributed by atoms with Crippen molar-refractivity contribution in [2.45, 2.75) is 41.8 Å². The summed E-state index contributed by atoms with van der Waals surface area (Å²) < 4.78 is 5.30. The standard InChI is InChI=1S/C18H17ClN2O3S/c1-11(16(22)21-13-6-7-13)24-18(23)15-3-2-10-20-17(15)25-14-8-4-12(19)5-9-14/h2-5,8-11,13H,6-7H2,1H3,(H,21,22)/t11-/m1/s1. The SMILES string of the molecule is C[C@@H](OC(=O)c1cccnc1Sc1ccc(Cl)cc1)C(=O)NC1CC1. The van der Waals surface area contributed by atoms with Crippen LogP contribution >= 0.6 is 23.4 Å². The maximum absolute atomic E-state index is 12.4. The highest BCUT2D eigenvalue weighted by Crippen LogP contribution is 2.30. The van der Waals surface area contributed by atoms with Gasteiger partial charge in [0.1, 0.15) is 5.03 Å². The first-order valence-electron chi connectivity index (χ1n) is 7.93. The number of esters is 1. The van der Waals surface area contributed by atoms with Crippen LogP contribution in [0.25, 0.3) is 0 Å². The molecular weight excluding hydrogens is 360 g/mol. The molecule has 0 spiro atoms. The molecule has 1 aromatic carbocycles. The van der Waals surface area contributed by atoms with E-state index < -0.39 is 12.1 Å². The maximum atomic E-state index is 12.4. The van der Waals surface area contributed by atoms with Gasteiger partial charge in [-0.2, -0.15) is 0 Å². The lowest BCUT2D eigenvalue weighted by Crippen LogP contribution is -2.37. The molecule has 130 valence electrons. The molecular formula is C18H17ClN2O3S. The number of rotatable bonds is 6. The van der Waals surface area contributed by atoms with Crippen LogP contribution in [0.5, 0.6) is 0 Å². The average molecular weight is 377 g/mol. The summed E-state index contributed by atoms with van der Waals surface area (Å²) in [7, 11) is 0. The van der Waals surface area contributed by atoms with Gasteiger partial charge >= 0.3 is 5.97 Å². The Morgan fingerprint density at radius 3 is 2.68 bits per heavy atom. The summed E-state index contributed by atoms with van der Waals surface area (Å²) in [6, 6.07) is 10.8.